The number of rotatable bonds is 55. The summed E-state index contributed by atoms with van der Waals surface area (Å²) in [5, 5.41) is 0. The van der Waals surface area contributed by atoms with E-state index in [-0.39, 0.29) is 37.5 Å². The van der Waals surface area contributed by atoms with Gasteiger partial charge in [-0.3, -0.25) is 14.4 Å². The van der Waals surface area contributed by atoms with Crippen molar-refractivity contribution in [2.75, 3.05) is 13.2 Å². The fourth-order valence-corrected chi connectivity index (χ4v) is 7.88. The predicted octanol–water partition coefficient (Wildman–Crippen LogP) is 22.2. The Morgan fingerprint density at radius 2 is 0.481 bits per heavy atom. The van der Waals surface area contributed by atoms with Crippen LogP contribution in [0.4, 0.5) is 0 Å². The lowest BCUT2D eigenvalue weighted by molar-refractivity contribution is -0.167. The van der Waals surface area contributed by atoms with Crippen molar-refractivity contribution in [3.8, 4) is 0 Å². The number of hydrogen-bond donors (Lipinski definition) is 0. The highest BCUT2D eigenvalue weighted by Crippen LogP contribution is 2.12. The van der Waals surface area contributed by atoms with Crippen molar-refractivity contribution < 1.29 is 28.6 Å². The van der Waals surface area contributed by atoms with Crippen LogP contribution in [0.1, 0.15) is 239 Å². The van der Waals surface area contributed by atoms with Gasteiger partial charge in [0, 0.05) is 19.3 Å². The summed E-state index contributed by atoms with van der Waals surface area (Å²) in [5.74, 6) is -0.987. The zero-order chi connectivity index (χ0) is 58.5. The number of ether oxygens (including phenoxy) is 3. The molecule has 0 aromatic rings. The second kappa shape index (κ2) is 66.8. The third-order valence-electron chi connectivity index (χ3n) is 12.6. The molecule has 0 aliphatic rings. The van der Waals surface area contributed by atoms with Gasteiger partial charge in [-0.2, -0.15) is 0 Å². The van der Waals surface area contributed by atoms with E-state index in [9.17, 15) is 14.4 Å². The molecule has 0 N–H and O–H groups in total. The molecule has 0 bridgehead atoms. The Bertz CT molecular complexity index is 1950. The van der Waals surface area contributed by atoms with Crippen LogP contribution in [0.25, 0.3) is 0 Å². The standard InChI is InChI=1S/C75H114O6/c1-4-7-10-13-15-17-19-21-23-25-27-29-31-33-35-36-37-38-40-41-43-45-47-49-51-53-55-57-59-62-65-68-74(77)80-71-72(70-79-73(76)67-64-61-12-9-6-3)81-75(78)69-66-63-60-58-56-54-52-50-48-46-44-42-39-34-32-30-28-26-24-22-20-18-16-14-11-8-5-2/h7-8,10-11,15-18,21-24,27-30,33-35,37-39,41,43-44,46-47,49-50,52-53,55,72H,4-6,9,12-14,19-20,25-26,31-32,36,40,42,45,48,51,54,56-71H2,1-3H3/b10-7-,11-8-,17-15-,18-16-,23-21-,24-22-,29-27-,30-28-,35-33-,38-37-,39-34-,43-41-,46-44-,49-47-,52-50-,55-53-. The molecule has 1 atom stereocenters. The summed E-state index contributed by atoms with van der Waals surface area (Å²) in [6.07, 6.45) is 102. The van der Waals surface area contributed by atoms with Gasteiger partial charge < -0.3 is 14.2 Å². The predicted molar refractivity (Wildman–Crippen MR) is 352 cm³/mol. The molecule has 0 saturated heterocycles. The summed E-state index contributed by atoms with van der Waals surface area (Å²) >= 11 is 0. The van der Waals surface area contributed by atoms with E-state index in [1.54, 1.807) is 0 Å². The van der Waals surface area contributed by atoms with Gasteiger partial charge >= 0.3 is 17.9 Å². The van der Waals surface area contributed by atoms with Crippen molar-refractivity contribution in [2.45, 2.75) is 245 Å². The monoisotopic (exact) mass is 1110 g/mol. The molecule has 0 aliphatic carbocycles. The lowest BCUT2D eigenvalue weighted by Gasteiger charge is -2.18. The molecule has 6 heteroatoms. The number of hydrogen-bond acceptors (Lipinski definition) is 6. The van der Waals surface area contributed by atoms with E-state index in [0.717, 1.165) is 199 Å². The highest BCUT2D eigenvalue weighted by molar-refractivity contribution is 5.71. The molecule has 0 fully saturated rings. The van der Waals surface area contributed by atoms with Crippen LogP contribution in [0.15, 0.2) is 194 Å². The molecule has 0 rings (SSSR count). The maximum Gasteiger partial charge on any atom is 0.306 e. The van der Waals surface area contributed by atoms with Crippen LogP contribution in [0.5, 0.6) is 0 Å². The first-order valence-corrected chi connectivity index (χ1v) is 31.9. The number of allylic oxidation sites excluding steroid dienone is 32. The number of carbonyl (C=O) groups is 3. The Kier molecular flexibility index (Phi) is 62.0. The quantitative estimate of drug-likeness (QED) is 0.0261. The van der Waals surface area contributed by atoms with E-state index >= 15 is 0 Å². The van der Waals surface area contributed by atoms with E-state index in [0.29, 0.717) is 12.8 Å². The van der Waals surface area contributed by atoms with Gasteiger partial charge in [0.2, 0.25) is 0 Å². The summed E-state index contributed by atoms with van der Waals surface area (Å²) in [6, 6.07) is 0. The first kappa shape index (κ1) is 75.2. The lowest BCUT2D eigenvalue weighted by Crippen LogP contribution is -2.30. The largest absolute Gasteiger partial charge is 0.462 e. The van der Waals surface area contributed by atoms with Gasteiger partial charge in [0.15, 0.2) is 6.10 Å². The van der Waals surface area contributed by atoms with E-state index in [2.05, 4.69) is 215 Å². The minimum absolute atomic E-state index is 0.107. The van der Waals surface area contributed by atoms with Crippen molar-refractivity contribution in [1.82, 2.24) is 0 Å². The van der Waals surface area contributed by atoms with Gasteiger partial charge in [-0.15, -0.1) is 0 Å². The molecule has 0 aromatic carbocycles. The van der Waals surface area contributed by atoms with Gasteiger partial charge in [-0.25, -0.2) is 0 Å². The molecule has 0 heterocycles. The van der Waals surface area contributed by atoms with Crippen LogP contribution >= 0.6 is 0 Å². The molecule has 0 aromatic heterocycles. The molecule has 1 unspecified atom stereocenters. The number of carbonyl (C=O) groups excluding carboxylic acids is 3. The summed E-state index contributed by atoms with van der Waals surface area (Å²) in [5.41, 5.74) is 0. The first-order valence-electron chi connectivity index (χ1n) is 31.9. The van der Waals surface area contributed by atoms with E-state index in [4.69, 9.17) is 14.2 Å². The smallest absolute Gasteiger partial charge is 0.306 e. The van der Waals surface area contributed by atoms with E-state index < -0.39 is 6.10 Å². The average Bonchev–Trinajstić information content (AvgIpc) is 3.47. The molecule has 0 aliphatic heterocycles. The highest BCUT2D eigenvalue weighted by Gasteiger charge is 2.19. The summed E-state index contributed by atoms with van der Waals surface area (Å²) < 4.78 is 16.7. The van der Waals surface area contributed by atoms with Crippen molar-refractivity contribution in [1.29, 1.82) is 0 Å². The summed E-state index contributed by atoms with van der Waals surface area (Å²) in [4.78, 5) is 37.9. The van der Waals surface area contributed by atoms with Crippen molar-refractivity contribution in [3.63, 3.8) is 0 Å². The van der Waals surface area contributed by atoms with Crippen LogP contribution in [-0.2, 0) is 28.6 Å². The molecular formula is C75H114O6. The maximum absolute atomic E-state index is 12.8. The molecule has 450 valence electrons. The molecule has 0 radical (unpaired) electrons. The van der Waals surface area contributed by atoms with Gasteiger partial charge in [0.1, 0.15) is 13.2 Å². The first-order chi connectivity index (χ1) is 40.0. The lowest BCUT2D eigenvalue weighted by atomic mass is 10.1. The van der Waals surface area contributed by atoms with Crippen LogP contribution in [0, 0.1) is 0 Å². The highest BCUT2D eigenvalue weighted by atomic mass is 16.6. The minimum atomic E-state index is -0.811. The van der Waals surface area contributed by atoms with Gasteiger partial charge in [-0.05, 0) is 148 Å². The van der Waals surface area contributed by atoms with Crippen LogP contribution < -0.4 is 0 Å². The molecule has 0 spiro atoms. The molecule has 6 nitrogen and oxygen atoms in total. The molecule has 0 saturated carbocycles. The zero-order valence-corrected chi connectivity index (χ0v) is 51.5. The Balaban J connectivity index is 4.24. The van der Waals surface area contributed by atoms with Crippen LogP contribution in [-0.4, -0.2) is 37.2 Å². The molecular weight excluding hydrogens is 997 g/mol. The number of esters is 3. The van der Waals surface area contributed by atoms with Crippen molar-refractivity contribution in [2.24, 2.45) is 0 Å². The van der Waals surface area contributed by atoms with E-state index in [1.165, 1.54) is 0 Å². The normalized spacial score (nSPS) is 13.5. The van der Waals surface area contributed by atoms with E-state index in [1.807, 2.05) is 0 Å². The van der Waals surface area contributed by atoms with Gasteiger partial charge in [0.05, 0.1) is 0 Å². The second-order valence-electron chi connectivity index (χ2n) is 20.2. The van der Waals surface area contributed by atoms with Gasteiger partial charge in [0.25, 0.3) is 0 Å². The fraction of sp³-hybridized carbons (Fsp3) is 0.533. The van der Waals surface area contributed by atoms with Crippen LogP contribution in [0.3, 0.4) is 0 Å². The fourth-order valence-electron chi connectivity index (χ4n) is 7.88. The van der Waals surface area contributed by atoms with Gasteiger partial charge in [-0.1, -0.05) is 267 Å². The maximum atomic E-state index is 12.8. The molecule has 0 amide bonds. The van der Waals surface area contributed by atoms with Crippen molar-refractivity contribution >= 4 is 17.9 Å². The second-order valence-corrected chi connectivity index (χ2v) is 20.2. The van der Waals surface area contributed by atoms with Crippen LogP contribution in [0.2, 0.25) is 0 Å². The average molecular weight is 1110 g/mol. The third-order valence-corrected chi connectivity index (χ3v) is 12.6. The zero-order valence-electron chi connectivity index (χ0n) is 51.5. The Hall–Kier alpha value is -5.75. The summed E-state index contributed by atoms with van der Waals surface area (Å²) in [7, 11) is 0. The van der Waals surface area contributed by atoms with Crippen molar-refractivity contribution in [3.05, 3.63) is 194 Å². The number of unbranched alkanes of at least 4 members (excludes halogenated alkanes) is 12. The Morgan fingerprint density at radius 3 is 0.765 bits per heavy atom. The Labute approximate surface area is 497 Å². The topological polar surface area (TPSA) is 78.9 Å². The molecule has 81 heavy (non-hydrogen) atoms. The minimum Gasteiger partial charge on any atom is -0.462 e. The SMILES string of the molecule is CC/C=C\C/C=C\C/C=C\C/C=C\C/C=C\C/C=C\C/C=C\C/C=C\C/C=C\CCCCCC(=O)OCC(COC(=O)CCCCCCC)OC(=O)CCCCCCC/C=C\C/C=C\C/C=C\C/C=C\C/C=C\C/C=C\C/C=C\CC. The summed E-state index contributed by atoms with van der Waals surface area (Å²) in [6.45, 7) is 6.26. The Morgan fingerprint density at radius 1 is 0.259 bits per heavy atom. The third kappa shape index (κ3) is 64.9.